The van der Waals surface area contributed by atoms with Crippen LogP contribution in [0.3, 0.4) is 0 Å². The average Bonchev–Trinajstić information content (AvgIpc) is 3.54. The summed E-state index contributed by atoms with van der Waals surface area (Å²) in [6.45, 7) is 4.57. The van der Waals surface area contributed by atoms with Crippen LogP contribution in [0.4, 0.5) is 10.5 Å². The molecule has 2 fully saturated rings. The highest BCUT2D eigenvalue weighted by molar-refractivity contribution is 6.14. The fourth-order valence-corrected chi connectivity index (χ4v) is 4.26. The smallest absolute Gasteiger partial charge is 0.409 e. The summed E-state index contributed by atoms with van der Waals surface area (Å²) >= 11 is 0. The number of amides is 3. The standard InChI is InChI=1S/C21H27N3O4/c1-2-28-20(27)23-14-12-22(13-15-23)18(25)21(9-10-21)19(26)24-11-5-7-16-6-3-4-8-17(16)24/h3-4,6,8H,2,5,7,9-15H2,1H3. The summed E-state index contributed by atoms with van der Waals surface area (Å²) in [5, 5.41) is 0. The van der Waals surface area contributed by atoms with Gasteiger partial charge in [0.2, 0.25) is 11.8 Å². The second-order valence-electron chi connectivity index (χ2n) is 7.75. The molecule has 1 saturated carbocycles. The summed E-state index contributed by atoms with van der Waals surface area (Å²) in [6.07, 6.45) is 2.78. The first kappa shape index (κ1) is 18.8. The molecule has 0 N–H and O–H groups in total. The molecular formula is C21H27N3O4. The van der Waals surface area contributed by atoms with Crippen molar-refractivity contribution in [3.05, 3.63) is 29.8 Å². The van der Waals surface area contributed by atoms with E-state index in [0.29, 0.717) is 52.2 Å². The Morgan fingerprint density at radius 1 is 0.964 bits per heavy atom. The molecule has 28 heavy (non-hydrogen) atoms. The van der Waals surface area contributed by atoms with Gasteiger partial charge in [-0.3, -0.25) is 9.59 Å². The van der Waals surface area contributed by atoms with Crippen LogP contribution in [0.5, 0.6) is 0 Å². The van der Waals surface area contributed by atoms with Gasteiger partial charge in [0.15, 0.2) is 0 Å². The topological polar surface area (TPSA) is 70.2 Å². The monoisotopic (exact) mass is 385 g/mol. The predicted octanol–water partition coefficient (Wildman–Crippen LogP) is 2.05. The van der Waals surface area contributed by atoms with Crippen molar-refractivity contribution in [1.29, 1.82) is 0 Å². The lowest BCUT2D eigenvalue weighted by Gasteiger charge is -2.37. The van der Waals surface area contributed by atoms with Crippen LogP contribution in [-0.4, -0.2) is 67.0 Å². The molecule has 1 aromatic rings. The Hall–Kier alpha value is -2.57. The molecule has 2 heterocycles. The number of aryl methyl sites for hydroxylation is 1. The van der Waals surface area contributed by atoms with Crippen LogP contribution in [0.1, 0.15) is 31.7 Å². The molecule has 0 radical (unpaired) electrons. The normalized spacial score (nSPS) is 20.4. The lowest BCUT2D eigenvalue weighted by atomic mass is 9.97. The molecule has 7 nitrogen and oxygen atoms in total. The van der Waals surface area contributed by atoms with Crippen molar-refractivity contribution >= 4 is 23.6 Å². The van der Waals surface area contributed by atoms with Crippen molar-refractivity contribution in [2.45, 2.75) is 32.6 Å². The third kappa shape index (κ3) is 3.23. The lowest BCUT2D eigenvalue weighted by molar-refractivity contribution is -0.144. The minimum absolute atomic E-state index is 0.0579. The van der Waals surface area contributed by atoms with Crippen LogP contribution < -0.4 is 4.90 Å². The molecule has 3 aliphatic rings. The number of carbonyl (C=O) groups is 3. The van der Waals surface area contributed by atoms with Gasteiger partial charge in [-0.25, -0.2) is 4.79 Å². The molecule has 0 spiro atoms. The number of benzene rings is 1. The average molecular weight is 385 g/mol. The van der Waals surface area contributed by atoms with Gasteiger partial charge < -0.3 is 19.4 Å². The fourth-order valence-electron chi connectivity index (χ4n) is 4.26. The number of carbonyl (C=O) groups excluding carboxylic acids is 3. The zero-order chi connectivity index (χ0) is 19.7. The van der Waals surface area contributed by atoms with Crippen molar-refractivity contribution < 1.29 is 19.1 Å². The molecule has 0 bridgehead atoms. The number of nitrogens with zero attached hydrogens (tertiary/aromatic N) is 3. The molecule has 1 saturated heterocycles. The molecule has 7 heteroatoms. The van der Waals surface area contributed by atoms with Crippen molar-refractivity contribution in [1.82, 2.24) is 9.80 Å². The van der Waals surface area contributed by atoms with E-state index in [1.807, 2.05) is 23.1 Å². The van der Waals surface area contributed by atoms with E-state index in [1.54, 1.807) is 16.7 Å². The molecular weight excluding hydrogens is 358 g/mol. The number of hydrogen-bond donors (Lipinski definition) is 0. The zero-order valence-electron chi connectivity index (χ0n) is 16.4. The summed E-state index contributed by atoms with van der Waals surface area (Å²) < 4.78 is 5.03. The van der Waals surface area contributed by atoms with Gasteiger partial charge in [0, 0.05) is 38.4 Å². The Morgan fingerprint density at radius 3 is 2.32 bits per heavy atom. The first-order chi connectivity index (χ1) is 13.6. The van der Waals surface area contributed by atoms with Crippen molar-refractivity contribution in [2.75, 3.05) is 44.2 Å². The highest BCUT2D eigenvalue weighted by Crippen LogP contribution is 2.50. The maximum absolute atomic E-state index is 13.4. The minimum atomic E-state index is -0.906. The maximum atomic E-state index is 13.4. The third-order valence-electron chi connectivity index (χ3n) is 6.02. The van der Waals surface area contributed by atoms with Crippen LogP contribution in [0.25, 0.3) is 0 Å². The Kier molecular flexibility index (Phi) is 5.00. The first-order valence-corrected chi connectivity index (χ1v) is 10.2. The molecule has 1 aromatic carbocycles. The Labute approximate surface area is 165 Å². The number of para-hydroxylation sites is 1. The summed E-state index contributed by atoms with van der Waals surface area (Å²) in [5.74, 6) is -0.137. The van der Waals surface area contributed by atoms with Gasteiger partial charge in [0.25, 0.3) is 0 Å². The van der Waals surface area contributed by atoms with Crippen LogP contribution in [-0.2, 0) is 20.7 Å². The molecule has 3 amide bonds. The fraction of sp³-hybridized carbons (Fsp3) is 0.571. The zero-order valence-corrected chi connectivity index (χ0v) is 16.4. The van der Waals surface area contributed by atoms with Gasteiger partial charge in [-0.15, -0.1) is 0 Å². The van der Waals surface area contributed by atoms with Gasteiger partial charge in [-0.05, 0) is 44.2 Å². The van der Waals surface area contributed by atoms with Crippen LogP contribution in [0, 0.1) is 5.41 Å². The molecule has 1 aliphatic carbocycles. The van der Waals surface area contributed by atoms with E-state index in [-0.39, 0.29) is 17.9 Å². The van der Waals surface area contributed by atoms with E-state index < -0.39 is 5.41 Å². The molecule has 4 rings (SSSR count). The molecule has 0 unspecified atom stereocenters. The minimum Gasteiger partial charge on any atom is -0.450 e. The van der Waals surface area contributed by atoms with Crippen LogP contribution in [0.2, 0.25) is 0 Å². The van der Waals surface area contributed by atoms with Crippen LogP contribution in [0.15, 0.2) is 24.3 Å². The van der Waals surface area contributed by atoms with E-state index in [0.717, 1.165) is 18.5 Å². The number of piperazine rings is 1. The van der Waals surface area contributed by atoms with Crippen molar-refractivity contribution in [3.63, 3.8) is 0 Å². The Bertz CT molecular complexity index is 782. The summed E-state index contributed by atoms with van der Waals surface area (Å²) in [4.78, 5) is 43.6. The van der Waals surface area contributed by atoms with E-state index in [4.69, 9.17) is 4.74 Å². The lowest BCUT2D eigenvalue weighted by Crippen LogP contribution is -2.55. The number of anilines is 1. The number of fused-ring (bicyclic) bond motifs is 1. The quantitative estimate of drug-likeness (QED) is 0.747. The summed E-state index contributed by atoms with van der Waals surface area (Å²) in [5.41, 5.74) is 1.22. The number of rotatable bonds is 3. The van der Waals surface area contributed by atoms with E-state index >= 15 is 0 Å². The molecule has 0 atom stereocenters. The first-order valence-electron chi connectivity index (χ1n) is 10.2. The second-order valence-corrected chi connectivity index (χ2v) is 7.75. The van der Waals surface area contributed by atoms with Crippen LogP contribution >= 0.6 is 0 Å². The van der Waals surface area contributed by atoms with Crippen molar-refractivity contribution in [2.24, 2.45) is 5.41 Å². The largest absolute Gasteiger partial charge is 0.450 e. The van der Waals surface area contributed by atoms with Gasteiger partial charge in [0.1, 0.15) is 5.41 Å². The Balaban J connectivity index is 1.44. The van der Waals surface area contributed by atoms with Gasteiger partial charge in [-0.1, -0.05) is 18.2 Å². The van der Waals surface area contributed by atoms with E-state index in [9.17, 15) is 14.4 Å². The van der Waals surface area contributed by atoms with Gasteiger partial charge in [0.05, 0.1) is 6.61 Å². The Morgan fingerprint density at radius 2 is 1.64 bits per heavy atom. The number of hydrogen-bond acceptors (Lipinski definition) is 4. The second kappa shape index (κ2) is 7.45. The highest BCUT2D eigenvalue weighted by Gasteiger charge is 2.60. The van der Waals surface area contributed by atoms with Crippen molar-refractivity contribution in [3.8, 4) is 0 Å². The summed E-state index contributed by atoms with van der Waals surface area (Å²) in [7, 11) is 0. The van der Waals surface area contributed by atoms with Gasteiger partial charge >= 0.3 is 6.09 Å². The maximum Gasteiger partial charge on any atom is 0.409 e. The molecule has 150 valence electrons. The van der Waals surface area contributed by atoms with E-state index in [2.05, 4.69) is 6.07 Å². The summed E-state index contributed by atoms with van der Waals surface area (Å²) in [6, 6.07) is 7.98. The van der Waals surface area contributed by atoms with E-state index in [1.165, 1.54) is 5.56 Å². The number of ether oxygens (including phenoxy) is 1. The highest BCUT2D eigenvalue weighted by atomic mass is 16.6. The SMILES string of the molecule is CCOC(=O)N1CCN(C(=O)C2(C(=O)N3CCCc4ccccc43)CC2)CC1. The molecule has 0 aromatic heterocycles. The molecule has 2 aliphatic heterocycles. The third-order valence-corrected chi connectivity index (χ3v) is 6.02. The predicted molar refractivity (Wildman–Crippen MR) is 104 cm³/mol. The van der Waals surface area contributed by atoms with Gasteiger partial charge in [-0.2, -0.15) is 0 Å².